The van der Waals surface area contributed by atoms with Gasteiger partial charge in [0.1, 0.15) is 11.6 Å². The first-order chi connectivity index (χ1) is 12.8. The molecule has 3 atom stereocenters. The van der Waals surface area contributed by atoms with E-state index in [1.54, 1.807) is 0 Å². The predicted octanol–water partition coefficient (Wildman–Crippen LogP) is 5.46. The van der Waals surface area contributed by atoms with Crippen molar-refractivity contribution in [2.24, 2.45) is 5.92 Å². The van der Waals surface area contributed by atoms with Crippen LogP contribution in [0.1, 0.15) is 45.5 Å². The molecule has 4 rings (SSSR count). The summed E-state index contributed by atoms with van der Waals surface area (Å²) < 4.78 is 6.58. The Morgan fingerprint density at radius 1 is 1.33 bits per heavy atom. The SMILES string of the molecule is [C-]#[N+]c1[nH]c([C@@H]2CC3C[C@H]3N2C(=O)OC(C)(C)C)nc1-c1ccc(Br)cc1. The molecule has 0 bridgehead atoms. The van der Waals surface area contributed by atoms with E-state index >= 15 is 0 Å². The van der Waals surface area contributed by atoms with Crippen LogP contribution in [0.25, 0.3) is 16.1 Å². The fraction of sp³-hybridized carbons (Fsp3) is 0.450. The number of fused-ring (bicyclic) bond motifs is 1. The van der Waals surface area contributed by atoms with Crippen molar-refractivity contribution in [3.63, 3.8) is 0 Å². The molecule has 1 saturated carbocycles. The van der Waals surface area contributed by atoms with E-state index in [2.05, 4.69) is 25.8 Å². The number of hydrogen-bond acceptors (Lipinski definition) is 3. The number of imidazole rings is 1. The van der Waals surface area contributed by atoms with Gasteiger partial charge < -0.3 is 9.58 Å². The number of rotatable bonds is 2. The average molecular weight is 429 g/mol. The number of hydrogen-bond donors (Lipinski definition) is 1. The second-order valence-electron chi connectivity index (χ2n) is 8.14. The van der Waals surface area contributed by atoms with Gasteiger partial charge in [0.2, 0.25) is 5.82 Å². The van der Waals surface area contributed by atoms with E-state index in [4.69, 9.17) is 16.3 Å². The van der Waals surface area contributed by atoms with E-state index in [0.717, 1.165) is 22.9 Å². The highest BCUT2D eigenvalue weighted by Crippen LogP contribution is 2.53. The molecule has 1 aliphatic heterocycles. The summed E-state index contributed by atoms with van der Waals surface area (Å²) in [7, 11) is 0. The van der Waals surface area contributed by atoms with Crippen LogP contribution in [0, 0.1) is 12.5 Å². The number of nitrogens with zero attached hydrogens (tertiary/aromatic N) is 3. The van der Waals surface area contributed by atoms with Crippen LogP contribution in [0.15, 0.2) is 28.7 Å². The quantitative estimate of drug-likeness (QED) is 0.645. The lowest BCUT2D eigenvalue weighted by Crippen LogP contribution is -2.38. The third-order valence-electron chi connectivity index (χ3n) is 4.96. The first kappa shape index (κ1) is 18.1. The van der Waals surface area contributed by atoms with Crippen LogP contribution in [0.5, 0.6) is 0 Å². The second-order valence-corrected chi connectivity index (χ2v) is 9.06. The summed E-state index contributed by atoms with van der Waals surface area (Å²) >= 11 is 3.43. The molecule has 1 saturated heterocycles. The predicted molar refractivity (Wildman–Crippen MR) is 105 cm³/mol. The molecule has 1 aromatic heterocycles. The molecule has 1 N–H and O–H groups in total. The molecule has 140 valence electrons. The number of benzene rings is 1. The number of piperidine rings is 1. The van der Waals surface area contributed by atoms with E-state index in [-0.39, 0.29) is 18.2 Å². The van der Waals surface area contributed by atoms with E-state index in [0.29, 0.717) is 23.3 Å². The molecule has 1 aromatic carbocycles. The lowest BCUT2D eigenvalue weighted by Gasteiger charge is -2.29. The molecule has 2 heterocycles. The van der Waals surface area contributed by atoms with Crippen LogP contribution in [-0.2, 0) is 4.74 Å². The van der Waals surface area contributed by atoms with Crippen molar-refractivity contribution in [1.29, 1.82) is 0 Å². The van der Waals surface area contributed by atoms with Crippen molar-refractivity contribution in [3.05, 3.63) is 46.0 Å². The first-order valence-electron chi connectivity index (χ1n) is 9.01. The Balaban J connectivity index is 1.66. The van der Waals surface area contributed by atoms with Gasteiger partial charge in [-0.3, -0.25) is 9.88 Å². The molecule has 7 heteroatoms. The van der Waals surface area contributed by atoms with Crippen LogP contribution >= 0.6 is 15.9 Å². The smallest absolute Gasteiger partial charge is 0.411 e. The Labute approximate surface area is 166 Å². The third-order valence-corrected chi connectivity index (χ3v) is 5.49. The number of H-pyrrole nitrogens is 1. The molecule has 6 nitrogen and oxygen atoms in total. The van der Waals surface area contributed by atoms with Gasteiger partial charge in [-0.2, -0.15) is 0 Å². The number of aromatic nitrogens is 2. The average Bonchev–Trinajstić information content (AvgIpc) is 3.05. The number of ether oxygens (including phenoxy) is 1. The van der Waals surface area contributed by atoms with Crippen LogP contribution < -0.4 is 0 Å². The van der Waals surface area contributed by atoms with Gasteiger partial charge in [-0.15, -0.1) is 0 Å². The molecule has 1 aliphatic carbocycles. The monoisotopic (exact) mass is 428 g/mol. The summed E-state index contributed by atoms with van der Waals surface area (Å²) in [5, 5.41) is 0. The van der Waals surface area contributed by atoms with Gasteiger partial charge >= 0.3 is 6.09 Å². The molecule has 2 fully saturated rings. The van der Waals surface area contributed by atoms with E-state index < -0.39 is 5.60 Å². The highest BCUT2D eigenvalue weighted by molar-refractivity contribution is 9.10. The number of amides is 1. The molecule has 2 aliphatic rings. The largest absolute Gasteiger partial charge is 0.444 e. The molecule has 27 heavy (non-hydrogen) atoms. The normalized spacial score (nSPS) is 23.7. The molecular formula is C20H21BrN4O2. The maximum Gasteiger partial charge on any atom is 0.411 e. The summed E-state index contributed by atoms with van der Waals surface area (Å²) in [5.41, 5.74) is 0.957. The standard InChI is InChI=1S/C20H21BrN4O2/c1-20(2,3)27-19(26)25-14-9-12(14)10-15(25)17-23-16(18(22-4)24-17)11-5-7-13(21)8-6-11/h5-8,12,14-15H,9-10H2,1-3H3,(H,23,24)/t12?,14-,15+/m1/s1. The number of likely N-dealkylation sites (tertiary alicyclic amines) is 1. The Hall–Kier alpha value is -2.33. The zero-order valence-electron chi connectivity index (χ0n) is 15.5. The van der Waals surface area contributed by atoms with Crippen LogP contribution in [0.2, 0.25) is 0 Å². The fourth-order valence-electron chi connectivity index (χ4n) is 3.71. The van der Waals surface area contributed by atoms with Gasteiger partial charge in [0.15, 0.2) is 0 Å². The number of halogens is 1. The summed E-state index contributed by atoms with van der Waals surface area (Å²) in [6.45, 7) is 13.1. The summed E-state index contributed by atoms with van der Waals surface area (Å²) in [5.74, 6) is 1.56. The number of aromatic amines is 1. The zero-order valence-corrected chi connectivity index (χ0v) is 17.1. The van der Waals surface area contributed by atoms with Crippen LogP contribution in [-0.4, -0.2) is 32.6 Å². The molecular weight excluding hydrogens is 408 g/mol. The lowest BCUT2D eigenvalue weighted by molar-refractivity contribution is 0.0175. The Bertz CT molecular complexity index is 923. The van der Waals surface area contributed by atoms with E-state index in [1.165, 1.54) is 0 Å². The minimum atomic E-state index is -0.540. The van der Waals surface area contributed by atoms with Crippen molar-refractivity contribution in [3.8, 4) is 11.3 Å². The molecule has 0 spiro atoms. The minimum absolute atomic E-state index is 0.173. The Kier molecular flexibility index (Phi) is 4.26. The van der Waals surface area contributed by atoms with Crippen molar-refractivity contribution in [2.75, 3.05) is 0 Å². The van der Waals surface area contributed by atoms with Gasteiger partial charge in [-0.1, -0.05) is 34.6 Å². The minimum Gasteiger partial charge on any atom is -0.444 e. The van der Waals surface area contributed by atoms with Crippen molar-refractivity contribution in [1.82, 2.24) is 14.9 Å². The summed E-state index contributed by atoms with van der Waals surface area (Å²) in [6.07, 6.45) is 1.57. The maximum atomic E-state index is 12.7. The molecule has 1 amide bonds. The van der Waals surface area contributed by atoms with Crippen molar-refractivity contribution >= 4 is 27.8 Å². The van der Waals surface area contributed by atoms with Gasteiger partial charge in [0, 0.05) is 10.5 Å². The second kappa shape index (κ2) is 6.38. The maximum absolute atomic E-state index is 12.7. The molecule has 2 aromatic rings. The van der Waals surface area contributed by atoms with Crippen LogP contribution in [0.4, 0.5) is 10.6 Å². The number of carbonyl (C=O) groups is 1. The lowest BCUT2D eigenvalue weighted by atomic mass is 10.1. The van der Waals surface area contributed by atoms with Crippen molar-refractivity contribution in [2.45, 2.75) is 51.3 Å². The number of nitrogens with one attached hydrogen (secondary N) is 1. The Morgan fingerprint density at radius 3 is 2.67 bits per heavy atom. The Morgan fingerprint density at radius 2 is 2.04 bits per heavy atom. The molecule has 1 unspecified atom stereocenters. The highest BCUT2D eigenvalue weighted by atomic mass is 79.9. The van der Waals surface area contributed by atoms with Gasteiger partial charge in [0.25, 0.3) is 5.82 Å². The fourth-order valence-corrected chi connectivity index (χ4v) is 3.97. The van der Waals surface area contributed by atoms with E-state index in [1.807, 2.05) is 49.9 Å². The summed E-state index contributed by atoms with van der Waals surface area (Å²) in [4.78, 5) is 26.0. The first-order valence-corrected chi connectivity index (χ1v) is 9.81. The topological polar surface area (TPSA) is 62.6 Å². The van der Waals surface area contributed by atoms with E-state index in [9.17, 15) is 4.79 Å². The van der Waals surface area contributed by atoms with Crippen molar-refractivity contribution < 1.29 is 9.53 Å². The highest BCUT2D eigenvalue weighted by Gasteiger charge is 2.57. The van der Waals surface area contributed by atoms with Gasteiger partial charge in [0.05, 0.1) is 5.69 Å². The molecule has 0 radical (unpaired) electrons. The van der Waals surface area contributed by atoms with Crippen LogP contribution in [0.3, 0.4) is 0 Å². The van der Waals surface area contributed by atoms with Gasteiger partial charge in [-0.25, -0.2) is 9.78 Å². The summed E-state index contributed by atoms with van der Waals surface area (Å²) in [6, 6.07) is 7.76. The van der Waals surface area contributed by atoms with Gasteiger partial charge in [-0.05, 0) is 57.2 Å². The number of carbonyl (C=O) groups excluding carboxylic acids is 1. The third kappa shape index (κ3) is 3.46. The zero-order chi connectivity index (χ0) is 19.3.